The van der Waals surface area contributed by atoms with Crippen LogP contribution in [0.25, 0.3) is 0 Å². The van der Waals surface area contributed by atoms with Gasteiger partial charge in [-0.2, -0.15) is 0 Å². The minimum absolute atomic E-state index is 0.0746. The van der Waals surface area contributed by atoms with Crippen LogP contribution in [0, 0.1) is 5.92 Å². The first kappa shape index (κ1) is 18.9. The van der Waals surface area contributed by atoms with E-state index in [2.05, 4.69) is 41.5 Å². The van der Waals surface area contributed by atoms with Gasteiger partial charge in [-0.05, 0) is 60.3 Å². The summed E-state index contributed by atoms with van der Waals surface area (Å²) in [6, 6.07) is 0. The van der Waals surface area contributed by atoms with E-state index in [0.717, 1.165) is 12.8 Å². The quantitative estimate of drug-likeness (QED) is 0.651. The fourth-order valence-corrected chi connectivity index (χ4v) is 2.83. The predicted octanol–water partition coefficient (Wildman–Crippen LogP) is 3.75. The summed E-state index contributed by atoms with van der Waals surface area (Å²) in [6.45, 7) is 18.2. The van der Waals surface area contributed by atoms with Crippen molar-refractivity contribution in [3.05, 3.63) is 0 Å². The average molecular weight is 273 g/mol. The Kier molecular flexibility index (Phi) is 7.01. The van der Waals surface area contributed by atoms with Crippen molar-refractivity contribution in [1.82, 2.24) is 0 Å². The summed E-state index contributed by atoms with van der Waals surface area (Å²) >= 11 is 0. The summed E-state index contributed by atoms with van der Waals surface area (Å²) in [4.78, 5) is 0. The zero-order chi connectivity index (χ0) is 15.3. The van der Waals surface area contributed by atoms with Crippen molar-refractivity contribution < 1.29 is 9.47 Å². The molecule has 0 unspecified atom stereocenters. The number of nitrogens with two attached hydrogens (primary N) is 1. The van der Waals surface area contributed by atoms with E-state index in [1.165, 1.54) is 0 Å². The first-order valence-corrected chi connectivity index (χ1v) is 7.40. The summed E-state index contributed by atoms with van der Waals surface area (Å²) in [7, 11) is 0. The van der Waals surface area contributed by atoms with E-state index in [1.54, 1.807) is 0 Å². The lowest BCUT2D eigenvalue weighted by Gasteiger charge is -2.33. The van der Waals surface area contributed by atoms with E-state index >= 15 is 0 Å². The molecule has 3 nitrogen and oxygen atoms in total. The molecule has 0 saturated heterocycles. The maximum absolute atomic E-state index is 6.04. The lowest BCUT2D eigenvalue weighted by molar-refractivity contribution is -0.0956. The van der Waals surface area contributed by atoms with Gasteiger partial charge in [-0.1, -0.05) is 13.8 Å². The van der Waals surface area contributed by atoms with Crippen molar-refractivity contribution in [2.45, 2.75) is 85.0 Å². The van der Waals surface area contributed by atoms with Crippen LogP contribution in [0.2, 0.25) is 0 Å². The molecule has 0 aliphatic rings. The maximum Gasteiger partial charge on any atom is 0.0708 e. The first-order valence-electron chi connectivity index (χ1n) is 7.40. The molecule has 3 heteroatoms. The van der Waals surface area contributed by atoms with Gasteiger partial charge >= 0.3 is 0 Å². The van der Waals surface area contributed by atoms with E-state index < -0.39 is 0 Å². The van der Waals surface area contributed by atoms with Gasteiger partial charge in [0.05, 0.1) is 24.4 Å². The Balaban J connectivity index is 3.97. The van der Waals surface area contributed by atoms with E-state index in [0.29, 0.717) is 19.1 Å². The van der Waals surface area contributed by atoms with Crippen LogP contribution < -0.4 is 5.73 Å². The summed E-state index contributed by atoms with van der Waals surface area (Å²) in [5.74, 6) is 0.644. The van der Waals surface area contributed by atoms with Gasteiger partial charge in [-0.3, -0.25) is 0 Å². The molecular weight excluding hydrogens is 238 g/mol. The summed E-state index contributed by atoms with van der Waals surface area (Å²) < 4.78 is 11.8. The molecule has 0 aliphatic heterocycles. The molecule has 0 amide bonds. The third-order valence-corrected chi connectivity index (χ3v) is 2.85. The molecule has 0 rings (SSSR count). The number of rotatable bonds is 9. The Hall–Kier alpha value is -0.120. The highest BCUT2D eigenvalue weighted by molar-refractivity contribution is 4.83. The van der Waals surface area contributed by atoms with Crippen molar-refractivity contribution in [2.24, 2.45) is 11.7 Å². The molecule has 19 heavy (non-hydrogen) atoms. The molecule has 0 bridgehead atoms. The molecule has 0 spiro atoms. The maximum atomic E-state index is 6.04. The SMILES string of the molecule is CC(C)CC(C)(C)OCCOC(C)(C)CC(C)(C)N. The van der Waals surface area contributed by atoms with Gasteiger partial charge in [-0.15, -0.1) is 0 Å². The first-order chi connectivity index (χ1) is 8.33. The molecule has 0 aliphatic carbocycles. The molecule has 0 heterocycles. The van der Waals surface area contributed by atoms with E-state index in [-0.39, 0.29) is 16.7 Å². The lowest BCUT2D eigenvalue weighted by atomic mass is 9.90. The van der Waals surface area contributed by atoms with Crippen molar-refractivity contribution in [1.29, 1.82) is 0 Å². The molecule has 2 N–H and O–H groups in total. The third-order valence-electron chi connectivity index (χ3n) is 2.85. The number of ether oxygens (including phenoxy) is 2. The van der Waals surface area contributed by atoms with Gasteiger partial charge in [0.15, 0.2) is 0 Å². The van der Waals surface area contributed by atoms with Crippen molar-refractivity contribution in [3.63, 3.8) is 0 Å². The Bertz CT molecular complexity index is 252. The van der Waals surface area contributed by atoms with Crippen LogP contribution >= 0.6 is 0 Å². The Labute approximate surface area is 120 Å². The smallest absolute Gasteiger partial charge is 0.0708 e. The van der Waals surface area contributed by atoms with Gasteiger partial charge in [0.25, 0.3) is 0 Å². The normalized spacial score (nSPS) is 14.2. The zero-order valence-electron chi connectivity index (χ0n) is 14.3. The molecule has 0 radical (unpaired) electrons. The van der Waals surface area contributed by atoms with Gasteiger partial charge in [-0.25, -0.2) is 0 Å². The molecule has 0 saturated carbocycles. The van der Waals surface area contributed by atoms with Gasteiger partial charge in [0, 0.05) is 5.54 Å². The minimum Gasteiger partial charge on any atom is -0.373 e. The number of hydrogen-bond acceptors (Lipinski definition) is 3. The molecular formula is C16H35NO2. The second-order valence-electron chi connectivity index (χ2n) is 7.98. The van der Waals surface area contributed by atoms with Gasteiger partial charge in [0.1, 0.15) is 0 Å². The van der Waals surface area contributed by atoms with Crippen LogP contribution in [0.4, 0.5) is 0 Å². The zero-order valence-corrected chi connectivity index (χ0v) is 14.3. The predicted molar refractivity (Wildman–Crippen MR) is 82.4 cm³/mol. The highest BCUT2D eigenvalue weighted by atomic mass is 16.5. The summed E-state index contributed by atoms with van der Waals surface area (Å²) in [5, 5.41) is 0. The monoisotopic (exact) mass is 273 g/mol. The number of hydrogen-bond donors (Lipinski definition) is 1. The molecule has 116 valence electrons. The largest absolute Gasteiger partial charge is 0.373 e. The Morgan fingerprint density at radius 1 is 0.842 bits per heavy atom. The van der Waals surface area contributed by atoms with Crippen LogP contribution in [0.3, 0.4) is 0 Å². The van der Waals surface area contributed by atoms with Crippen LogP contribution in [0.5, 0.6) is 0 Å². The average Bonchev–Trinajstić information content (AvgIpc) is 2.06. The van der Waals surface area contributed by atoms with Crippen molar-refractivity contribution >= 4 is 0 Å². The van der Waals surface area contributed by atoms with Crippen LogP contribution in [-0.2, 0) is 9.47 Å². The molecule has 0 aromatic rings. The second kappa shape index (κ2) is 7.05. The fourth-order valence-electron chi connectivity index (χ4n) is 2.83. The van der Waals surface area contributed by atoms with E-state index in [4.69, 9.17) is 15.2 Å². The third kappa shape index (κ3) is 11.4. The molecule has 0 fully saturated rings. The van der Waals surface area contributed by atoms with Crippen molar-refractivity contribution in [2.75, 3.05) is 13.2 Å². The minimum atomic E-state index is -0.207. The van der Waals surface area contributed by atoms with Crippen LogP contribution in [-0.4, -0.2) is 30.0 Å². The van der Waals surface area contributed by atoms with Gasteiger partial charge in [0.2, 0.25) is 0 Å². The lowest BCUT2D eigenvalue weighted by Crippen LogP contribution is -2.42. The molecule has 0 atom stereocenters. The Morgan fingerprint density at radius 2 is 1.26 bits per heavy atom. The second-order valence-corrected chi connectivity index (χ2v) is 7.98. The Morgan fingerprint density at radius 3 is 1.63 bits per heavy atom. The fraction of sp³-hybridized carbons (Fsp3) is 1.00. The van der Waals surface area contributed by atoms with Crippen molar-refractivity contribution in [3.8, 4) is 0 Å². The standard InChI is InChI=1S/C16H35NO2/c1-13(2)11-15(5,6)18-9-10-19-16(7,8)12-14(3,4)17/h13H,9-12,17H2,1-8H3. The topological polar surface area (TPSA) is 44.5 Å². The van der Waals surface area contributed by atoms with E-state index in [1.807, 2.05) is 13.8 Å². The van der Waals surface area contributed by atoms with Crippen LogP contribution in [0.1, 0.15) is 68.2 Å². The summed E-state index contributed by atoms with van der Waals surface area (Å²) in [5.41, 5.74) is 5.55. The summed E-state index contributed by atoms with van der Waals surface area (Å²) in [6.07, 6.45) is 1.89. The van der Waals surface area contributed by atoms with E-state index in [9.17, 15) is 0 Å². The molecule has 0 aromatic heterocycles. The highest BCUT2D eigenvalue weighted by Gasteiger charge is 2.27. The van der Waals surface area contributed by atoms with Gasteiger partial charge < -0.3 is 15.2 Å². The highest BCUT2D eigenvalue weighted by Crippen LogP contribution is 2.23. The molecule has 0 aromatic carbocycles. The van der Waals surface area contributed by atoms with Crippen LogP contribution in [0.15, 0.2) is 0 Å².